The normalized spacial score (nSPS) is 17.3. The van der Waals surface area contributed by atoms with E-state index in [9.17, 15) is 14.7 Å². The number of nitrogens with zero attached hydrogens (tertiary/aromatic N) is 3. The lowest BCUT2D eigenvalue weighted by Crippen LogP contribution is -2.51. The third-order valence-electron chi connectivity index (χ3n) is 6.02. The van der Waals surface area contributed by atoms with E-state index in [4.69, 9.17) is 0 Å². The third-order valence-corrected chi connectivity index (χ3v) is 6.02. The monoisotopic (exact) mass is 404 g/mol. The van der Waals surface area contributed by atoms with Gasteiger partial charge in [0.1, 0.15) is 0 Å². The number of hydrogen-bond donors (Lipinski definition) is 2. The van der Waals surface area contributed by atoms with Gasteiger partial charge in [-0.2, -0.15) is 5.10 Å². The molecule has 1 unspecified atom stereocenters. The molecule has 30 heavy (non-hydrogen) atoms. The molecular formula is C23H24N4O3. The summed E-state index contributed by atoms with van der Waals surface area (Å²) in [4.78, 5) is 28.2. The first kappa shape index (κ1) is 18.8. The van der Waals surface area contributed by atoms with Gasteiger partial charge in [-0.25, -0.2) is 4.52 Å². The quantitative estimate of drug-likeness (QED) is 0.684. The Morgan fingerprint density at radius 1 is 1.23 bits per heavy atom. The lowest BCUT2D eigenvalue weighted by atomic mass is 9.93. The lowest BCUT2D eigenvalue weighted by Gasteiger charge is -2.37. The van der Waals surface area contributed by atoms with Crippen molar-refractivity contribution in [2.45, 2.75) is 44.9 Å². The average molecular weight is 404 g/mol. The van der Waals surface area contributed by atoms with Gasteiger partial charge in [0.05, 0.1) is 40.2 Å². The van der Waals surface area contributed by atoms with Crippen molar-refractivity contribution in [3.8, 4) is 0 Å². The van der Waals surface area contributed by atoms with Gasteiger partial charge in [0.25, 0.3) is 11.8 Å². The summed E-state index contributed by atoms with van der Waals surface area (Å²) in [7, 11) is 0. The van der Waals surface area contributed by atoms with Gasteiger partial charge in [-0.05, 0) is 62.4 Å². The average Bonchev–Trinajstić information content (AvgIpc) is 3.29. The minimum Gasteiger partial charge on any atom is -0.388 e. The molecule has 0 spiro atoms. The predicted molar refractivity (Wildman–Crippen MR) is 112 cm³/mol. The van der Waals surface area contributed by atoms with Crippen LogP contribution in [0.3, 0.4) is 0 Å². The molecular weight excluding hydrogens is 380 g/mol. The Labute approximate surface area is 174 Å². The van der Waals surface area contributed by atoms with Gasteiger partial charge in [0.15, 0.2) is 0 Å². The van der Waals surface area contributed by atoms with Gasteiger partial charge in [0, 0.05) is 12.7 Å². The van der Waals surface area contributed by atoms with Crippen molar-refractivity contribution in [1.29, 1.82) is 0 Å². The summed E-state index contributed by atoms with van der Waals surface area (Å²) < 4.78 is 1.64. The molecule has 2 aliphatic rings. The van der Waals surface area contributed by atoms with Crippen LogP contribution in [0.15, 0.2) is 48.8 Å². The maximum Gasteiger partial charge on any atom is 0.257 e. The highest BCUT2D eigenvalue weighted by atomic mass is 16.3. The number of carbonyl (C=O) groups excluding carboxylic acids is 2. The molecule has 1 atom stereocenters. The molecule has 3 aromatic rings. The van der Waals surface area contributed by atoms with Gasteiger partial charge in [0.2, 0.25) is 0 Å². The van der Waals surface area contributed by atoms with Crippen LogP contribution in [0.2, 0.25) is 0 Å². The van der Waals surface area contributed by atoms with Gasteiger partial charge in [-0.15, -0.1) is 0 Å². The fourth-order valence-electron chi connectivity index (χ4n) is 4.67. The Hall–Kier alpha value is -3.19. The number of anilines is 1. The summed E-state index contributed by atoms with van der Waals surface area (Å²) in [5.74, 6) is -0.106. The van der Waals surface area contributed by atoms with E-state index in [1.54, 1.807) is 59.9 Å². The first-order valence-corrected chi connectivity index (χ1v) is 10.2. The van der Waals surface area contributed by atoms with Crippen molar-refractivity contribution in [2.75, 3.05) is 5.32 Å². The third kappa shape index (κ3) is 3.06. The van der Waals surface area contributed by atoms with E-state index in [2.05, 4.69) is 10.4 Å². The maximum absolute atomic E-state index is 13.4. The zero-order chi connectivity index (χ0) is 21.0. The summed E-state index contributed by atoms with van der Waals surface area (Å²) in [6.45, 7) is 3.98. The van der Waals surface area contributed by atoms with E-state index in [1.165, 1.54) is 0 Å². The fourth-order valence-corrected chi connectivity index (χ4v) is 4.67. The number of carbonyl (C=O) groups is 2. The molecule has 1 aromatic carbocycles. The smallest absolute Gasteiger partial charge is 0.257 e. The Morgan fingerprint density at radius 2 is 2.03 bits per heavy atom. The van der Waals surface area contributed by atoms with Crippen LogP contribution in [-0.2, 0) is 6.54 Å². The Bertz CT molecular complexity index is 1160. The lowest BCUT2D eigenvalue weighted by molar-refractivity contribution is -0.0224. The Balaban J connectivity index is 1.47. The summed E-state index contributed by atoms with van der Waals surface area (Å²) in [6, 6.07) is 10.6. The summed E-state index contributed by atoms with van der Waals surface area (Å²) in [5, 5.41) is 17.8. The van der Waals surface area contributed by atoms with E-state index in [1.807, 2.05) is 12.1 Å². The number of nitrogens with one attached hydrogen (secondary N) is 1. The topological polar surface area (TPSA) is 86.9 Å². The molecule has 3 heterocycles. The molecule has 1 aliphatic heterocycles. The molecule has 0 radical (unpaired) electrons. The number of fused-ring (bicyclic) bond motifs is 2. The second kappa shape index (κ2) is 6.67. The zero-order valence-corrected chi connectivity index (χ0v) is 17.0. The second-order valence-corrected chi connectivity index (χ2v) is 8.75. The minimum atomic E-state index is -0.986. The second-order valence-electron chi connectivity index (χ2n) is 8.75. The molecule has 1 saturated carbocycles. The molecule has 154 valence electrons. The van der Waals surface area contributed by atoms with Crippen LogP contribution in [0.1, 0.15) is 53.0 Å². The highest BCUT2D eigenvalue weighted by Gasteiger charge is 2.48. The van der Waals surface area contributed by atoms with Crippen LogP contribution in [-0.4, -0.2) is 43.1 Å². The summed E-state index contributed by atoms with van der Waals surface area (Å²) >= 11 is 0. The first-order chi connectivity index (χ1) is 14.3. The predicted octanol–water partition coefficient (Wildman–Crippen LogP) is 3.09. The molecule has 7 nitrogen and oxygen atoms in total. The van der Waals surface area contributed by atoms with Gasteiger partial charge in [-0.1, -0.05) is 12.1 Å². The van der Waals surface area contributed by atoms with Crippen LogP contribution in [0.5, 0.6) is 0 Å². The Kier molecular flexibility index (Phi) is 4.18. The molecule has 2 N–H and O–H groups in total. The van der Waals surface area contributed by atoms with Crippen molar-refractivity contribution in [1.82, 2.24) is 14.5 Å². The van der Waals surface area contributed by atoms with Gasteiger partial charge in [-0.3, -0.25) is 9.59 Å². The summed E-state index contributed by atoms with van der Waals surface area (Å²) in [6.07, 6.45) is 5.46. The van der Waals surface area contributed by atoms with Gasteiger partial charge < -0.3 is 15.3 Å². The van der Waals surface area contributed by atoms with E-state index < -0.39 is 5.60 Å². The van der Waals surface area contributed by atoms with E-state index in [-0.39, 0.29) is 17.9 Å². The largest absolute Gasteiger partial charge is 0.388 e. The van der Waals surface area contributed by atoms with E-state index >= 15 is 0 Å². The molecule has 1 aliphatic carbocycles. The van der Waals surface area contributed by atoms with Crippen LogP contribution < -0.4 is 5.32 Å². The van der Waals surface area contributed by atoms with Crippen molar-refractivity contribution >= 4 is 23.0 Å². The van der Waals surface area contributed by atoms with E-state index in [0.717, 1.165) is 18.4 Å². The molecule has 0 bridgehead atoms. The van der Waals surface area contributed by atoms with Gasteiger partial charge >= 0.3 is 0 Å². The van der Waals surface area contributed by atoms with Crippen LogP contribution in [0.4, 0.5) is 5.69 Å². The van der Waals surface area contributed by atoms with Crippen molar-refractivity contribution < 1.29 is 14.7 Å². The zero-order valence-electron chi connectivity index (χ0n) is 17.0. The molecule has 2 amide bonds. The number of hydrogen-bond acceptors (Lipinski definition) is 4. The number of aromatic nitrogens is 2. The molecule has 7 heteroatoms. The first-order valence-electron chi connectivity index (χ1n) is 10.2. The van der Waals surface area contributed by atoms with Crippen LogP contribution >= 0.6 is 0 Å². The highest BCUT2D eigenvalue weighted by Crippen LogP contribution is 2.43. The van der Waals surface area contributed by atoms with E-state index in [0.29, 0.717) is 34.8 Å². The number of amides is 2. The number of rotatable bonds is 5. The van der Waals surface area contributed by atoms with Crippen LogP contribution in [0, 0.1) is 5.92 Å². The molecule has 2 aromatic heterocycles. The fraction of sp³-hybridized carbons (Fsp3) is 0.348. The number of benzene rings is 1. The maximum atomic E-state index is 13.4. The molecule has 0 saturated heterocycles. The van der Waals surface area contributed by atoms with Crippen LogP contribution in [0.25, 0.3) is 5.52 Å². The standard InChI is InChI=1S/C23H24N4O3/c1-23(2,30)20(14-8-9-14)26-13-15-5-3-7-17(19(15)22(26)29)25-21(28)16-6-4-12-27-18(16)10-11-24-27/h3-7,10-12,14,20,30H,8-9,13H2,1-2H3,(H,25,28). The van der Waals surface area contributed by atoms with Crippen molar-refractivity contribution in [2.24, 2.45) is 5.92 Å². The molecule has 5 rings (SSSR count). The summed E-state index contributed by atoms with van der Waals surface area (Å²) in [5.41, 5.74) is 2.09. The van der Waals surface area contributed by atoms with Crippen molar-refractivity contribution in [3.63, 3.8) is 0 Å². The highest BCUT2D eigenvalue weighted by molar-refractivity contribution is 6.13. The Morgan fingerprint density at radius 3 is 2.77 bits per heavy atom. The number of pyridine rings is 1. The van der Waals surface area contributed by atoms with Crippen molar-refractivity contribution in [3.05, 3.63) is 65.5 Å². The SMILES string of the molecule is CC(C)(O)C(C1CC1)N1Cc2cccc(NC(=O)c3cccn4nccc34)c2C1=O. The minimum absolute atomic E-state index is 0.137. The molecule has 1 fully saturated rings. The number of aliphatic hydroxyl groups is 1.